The van der Waals surface area contributed by atoms with E-state index in [-0.39, 0.29) is 17.2 Å². The fourth-order valence-corrected chi connectivity index (χ4v) is 3.28. The molecule has 1 aliphatic rings. The van der Waals surface area contributed by atoms with Gasteiger partial charge in [-0.05, 0) is 24.6 Å². The molecule has 1 fully saturated rings. The Kier molecular flexibility index (Phi) is 4.79. The summed E-state index contributed by atoms with van der Waals surface area (Å²) in [5.41, 5.74) is 0.685. The Labute approximate surface area is 133 Å². The van der Waals surface area contributed by atoms with E-state index in [1.165, 1.54) is 0 Å². The van der Waals surface area contributed by atoms with Crippen molar-refractivity contribution in [3.8, 4) is 0 Å². The summed E-state index contributed by atoms with van der Waals surface area (Å²) in [6, 6.07) is 0. The maximum atomic E-state index is 12.2. The summed E-state index contributed by atoms with van der Waals surface area (Å²) in [6.45, 7) is 11.0. The smallest absolute Gasteiger partial charge is 0.253 e. The molecule has 0 spiro atoms. The lowest BCUT2D eigenvalue weighted by Gasteiger charge is -2.38. The van der Waals surface area contributed by atoms with E-state index in [4.69, 9.17) is 9.16 Å². The van der Waals surface area contributed by atoms with Crippen LogP contribution in [0.5, 0.6) is 0 Å². The zero-order chi connectivity index (χ0) is 16.5. The van der Waals surface area contributed by atoms with Crippen molar-refractivity contribution in [1.82, 2.24) is 9.78 Å². The number of rotatable bonds is 4. The molecule has 1 N–H and O–H groups in total. The molecule has 1 saturated heterocycles. The Morgan fingerprint density at radius 2 is 2.14 bits per heavy atom. The van der Waals surface area contributed by atoms with Crippen molar-refractivity contribution in [1.29, 1.82) is 0 Å². The van der Waals surface area contributed by atoms with Crippen LogP contribution in [0.3, 0.4) is 0 Å². The quantitative estimate of drug-likeness (QED) is 0.865. The monoisotopic (exact) mass is 325 g/mol. The summed E-state index contributed by atoms with van der Waals surface area (Å²) < 4.78 is 13.7. The lowest BCUT2D eigenvalue weighted by molar-refractivity contribution is -0.135. The highest BCUT2D eigenvalue weighted by molar-refractivity contribution is 6.74. The molecule has 0 saturated carbocycles. The normalized spacial score (nSPS) is 22.8. The van der Waals surface area contributed by atoms with Crippen molar-refractivity contribution < 1.29 is 14.0 Å². The number of carbonyl (C=O) groups is 1. The average Bonchev–Trinajstić information content (AvgIpc) is 2.97. The molecule has 0 aromatic carbocycles. The van der Waals surface area contributed by atoms with E-state index in [1.807, 2.05) is 7.05 Å². The second-order valence-corrected chi connectivity index (χ2v) is 12.2. The summed E-state index contributed by atoms with van der Waals surface area (Å²) in [6.07, 6.45) is 4.11. The number of nitrogens with zero attached hydrogens (tertiary/aromatic N) is 2. The molecule has 1 aromatic heterocycles. The molecule has 0 bridgehead atoms. The topological polar surface area (TPSA) is 65.4 Å². The zero-order valence-electron chi connectivity index (χ0n) is 14.3. The summed E-state index contributed by atoms with van der Waals surface area (Å²) in [4.78, 5) is 12.2. The van der Waals surface area contributed by atoms with E-state index in [0.29, 0.717) is 12.1 Å². The SMILES string of the molecule is Cn1cc(NC(=O)C2CCC(O[Si](C)(C)C(C)(C)C)O2)cn1. The lowest BCUT2D eigenvalue weighted by Crippen LogP contribution is -2.44. The van der Waals surface area contributed by atoms with Gasteiger partial charge in [-0.1, -0.05) is 20.8 Å². The van der Waals surface area contributed by atoms with Gasteiger partial charge in [0.15, 0.2) is 8.32 Å². The maximum Gasteiger partial charge on any atom is 0.253 e. The molecular weight excluding hydrogens is 298 g/mol. The van der Waals surface area contributed by atoms with Crippen molar-refractivity contribution in [2.75, 3.05) is 5.32 Å². The first-order valence-electron chi connectivity index (χ1n) is 7.71. The van der Waals surface area contributed by atoms with Crippen LogP contribution in [0.2, 0.25) is 18.1 Å². The van der Waals surface area contributed by atoms with Crippen LogP contribution in [0.15, 0.2) is 12.4 Å². The van der Waals surface area contributed by atoms with E-state index >= 15 is 0 Å². The minimum Gasteiger partial charge on any atom is -0.392 e. The molecule has 124 valence electrons. The van der Waals surface area contributed by atoms with Gasteiger partial charge in [0.05, 0.1) is 11.9 Å². The first-order chi connectivity index (χ1) is 10.1. The van der Waals surface area contributed by atoms with Gasteiger partial charge >= 0.3 is 0 Å². The third-order valence-corrected chi connectivity index (χ3v) is 8.94. The van der Waals surface area contributed by atoms with Gasteiger partial charge in [-0.15, -0.1) is 0 Å². The Morgan fingerprint density at radius 1 is 1.45 bits per heavy atom. The highest BCUT2D eigenvalue weighted by Crippen LogP contribution is 2.39. The summed E-state index contributed by atoms with van der Waals surface area (Å²) in [7, 11) is -0.0648. The number of hydrogen-bond donors (Lipinski definition) is 1. The third kappa shape index (κ3) is 3.96. The van der Waals surface area contributed by atoms with Gasteiger partial charge in [0.1, 0.15) is 12.4 Å². The fourth-order valence-electron chi connectivity index (χ4n) is 2.10. The zero-order valence-corrected chi connectivity index (χ0v) is 15.3. The first-order valence-corrected chi connectivity index (χ1v) is 10.6. The van der Waals surface area contributed by atoms with Crippen LogP contribution in [0.1, 0.15) is 33.6 Å². The average molecular weight is 325 g/mol. The standard InChI is InChI=1S/C15H27N3O3Si/c1-15(2,3)22(5,6)21-13-8-7-12(20-13)14(19)17-11-9-16-18(4)10-11/h9-10,12-13H,7-8H2,1-6H3,(H,17,19). The predicted molar refractivity (Wildman–Crippen MR) is 88.0 cm³/mol. The minimum absolute atomic E-state index is 0.130. The summed E-state index contributed by atoms with van der Waals surface area (Å²) >= 11 is 0. The Balaban J connectivity index is 1.88. The highest BCUT2D eigenvalue weighted by atomic mass is 28.4. The van der Waals surface area contributed by atoms with Gasteiger partial charge in [-0.3, -0.25) is 9.48 Å². The number of aromatic nitrogens is 2. The summed E-state index contributed by atoms with van der Waals surface area (Å²) in [5.74, 6) is -0.130. The summed E-state index contributed by atoms with van der Waals surface area (Å²) in [5, 5.41) is 6.99. The fraction of sp³-hybridized carbons (Fsp3) is 0.733. The Hall–Kier alpha value is -1.18. The molecule has 0 radical (unpaired) electrons. The van der Waals surface area contributed by atoms with Gasteiger partial charge in [0, 0.05) is 19.7 Å². The molecule has 6 nitrogen and oxygen atoms in total. The molecule has 0 aliphatic carbocycles. The van der Waals surface area contributed by atoms with Crippen LogP contribution in [0.4, 0.5) is 5.69 Å². The molecule has 2 heterocycles. The molecule has 2 unspecified atom stereocenters. The first kappa shape index (κ1) is 17.2. The molecule has 2 atom stereocenters. The lowest BCUT2D eigenvalue weighted by atomic mass is 10.2. The van der Waals surface area contributed by atoms with E-state index in [0.717, 1.165) is 6.42 Å². The predicted octanol–water partition coefficient (Wildman–Crippen LogP) is 2.89. The van der Waals surface area contributed by atoms with Gasteiger partial charge in [0.2, 0.25) is 0 Å². The van der Waals surface area contributed by atoms with E-state index in [9.17, 15) is 4.79 Å². The van der Waals surface area contributed by atoms with Crippen LogP contribution >= 0.6 is 0 Å². The van der Waals surface area contributed by atoms with Crippen molar-refractivity contribution in [2.45, 2.75) is 64.1 Å². The second kappa shape index (κ2) is 6.14. The second-order valence-electron chi connectivity index (χ2n) is 7.40. The molecule has 2 rings (SSSR count). The van der Waals surface area contributed by atoms with Crippen molar-refractivity contribution >= 4 is 19.9 Å². The molecule has 22 heavy (non-hydrogen) atoms. The molecule has 1 aromatic rings. The van der Waals surface area contributed by atoms with E-state index in [1.54, 1.807) is 17.1 Å². The van der Waals surface area contributed by atoms with Gasteiger partial charge in [-0.25, -0.2) is 0 Å². The van der Waals surface area contributed by atoms with Crippen molar-refractivity contribution in [3.05, 3.63) is 12.4 Å². The minimum atomic E-state index is -1.88. The van der Waals surface area contributed by atoms with Crippen LogP contribution in [-0.2, 0) is 21.0 Å². The Morgan fingerprint density at radius 3 is 2.68 bits per heavy atom. The van der Waals surface area contributed by atoms with Gasteiger partial charge in [0.25, 0.3) is 5.91 Å². The number of anilines is 1. The number of carbonyl (C=O) groups excluding carboxylic acids is 1. The van der Waals surface area contributed by atoms with E-state index in [2.05, 4.69) is 44.3 Å². The highest BCUT2D eigenvalue weighted by Gasteiger charge is 2.42. The van der Waals surface area contributed by atoms with Gasteiger partial charge in [-0.2, -0.15) is 5.10 Å². The maximum absolute atomic E-state index is 12.2. The van der Waals surface area contributed by atoms with Crippen molar-refractivity contribution in [2.24, 2.45) is 7.05 Å². The number of amides is 1. The molecule has 1 amide bonds. The van der Waals surface area contributed by atoms with Crippen LogP contribution in [0, 0.1) is 0 Å². The molecule has 7 heteroatoms. The number of nitrogens with one attached hydrogen (secondary N) is 1. The molecular formula is C15H27N3O3Si. The Bertz CT molecular complexity index is 536. The third-order valence-electron chi connectivity index (χ3n) is 4.48. The number of ether oxygens (including phenoxy) is 1. The van der Waals surface area contributed by atoms with Crippen LogP contribution < -0.4 is 5.32 Å². The van der Waals surface area contributed by atoms with Crippen molar-refractivity contribution in [3.63, 3.8) is 0 Å². The number of hydrogen-bond acceptors (Lipinski definition) is 4. The van der Waals surface area contributed by atoms with Crippen LogP contribution in [0.25, 0.3) is 0 Å². The number of aryl methyl sites for hydroxylation is 1. The largest absolute Gasteiger partial charge is 0.392 e. The van der Waals surface area contributed by atoms with E-state index < -0.39 is 14.4 Å². The van der Waals surface area contributed by atoms with Gasteiger partial charge < -0.3 is 14.5 Å². The van der Waals surface area contributed by atoms with Crippen LogP contribution in [-0.4, -0.2) is 36.4 Å². The molecule has 1 aliphatic heterocycles.